The lowest BCUT2D eigenvalue weighted by Gasteiger charge is -2.21. The fraction of sp³-hybridized carbons (Fsp3) is 0.333. The highest BCUT2D eigenvalue weighted by Gasteiger charge is 2.17. The fourth-order valence-electron chi connectivity index (χ4n) is 2.79. The standard InChI is InChI=1S/C21H25BrN2O5/c1-14-7-16(22)5-6-19(14)23-20(25)12-24(13-21(26)29-4)11-15-8-17(27-2)10-18(9-15)28-3/h5-10H,11-13H2,1-4H3,(H,23,25). The van der Waals surface area contributed by atoms with E-state index in [4.69, 9.17) is 14.2 Å². The first-order valence-electron chi connectivity index (χ1n) is 8.91. The third kappa shape index (κ3) is 7.07. The number of nitrogens with zero attached hydrogens (tertiary/aromatic N) is 1. The van der Waals surface area contributed by atoms with E-state index in [0.717, 1.165) is 21.3 Å². The van der Waals surface area contributed by atoms with Gasteiger partial charge in [-0.1, -0.05) is 15.9 Å². The average Bonchev–Trinajstić information content (AvgIpc) is 2.69. The summed E-state index contributed by atoms with van der Waals surface area (Å²) in [7, 11) is 4.46. The number of carbonyl (C=O) groups excluding carboxylic acids is 2. The molecule has 1 N–H and O–H groups in total. The predicted molar refractivity (Wildman–Crippen MR) is 114 cm³/mol. The molecule has 0 radical (unpaired) electrons. The molecule has 7 nitrogen and oxygen atoms in total. The molecule has 0 heterocycles. The Balaban J connectivity index is 2.15. The molecule has 29 heavy (non-hydrogen) atoms. The van der Waals surface area contributed by atoms with Gasteiger partial charge in [0.2, 0.25) is 5.91 Å². The molecule has 2 aromatic rings. The zero-order valence-electron chi connectivity index (χ0n) is 17.0. The lowest BCUT2D eigenvalue weighted by molar-refractivity contribution is -0.142. The van der Waals surface area contributed by atoms with Crippen molar-refractivity contribution in [1.82, 2.24) is 4.90 Å². The Morgan fingerprint density at radius 2 is 1.66 bits per heavy atom. The summed E-state index contributed by atoms with van der Waals surface area (Å²) in [4.78, 5) is 26.1. The van der Waals surface area contributed by atoms with E-state index < -0.39 is 5.97 Å². The molecule has 0 aromatic heterocycles. The maximum absolute atomic E-state index is 12.6. The summed E-state index contributed by atoms with van der Waals surface area (Å²) < 4.78 is 16.3. The van der Waals surface area contributed by atoms with Gasteiger partial charge in [0.05, 0.1) is 34.4 Å². The Morgan fingerprint density at radius 1 is 1.00 bits per heavy atom. The highest BCUT2D eigenvalue weighted by Crippen LogP contribution is 2.24. The van der Waals surface area contributed by atoms with Crippen molar-refractivity contribution < 1.29 is 23.8 Å². The van der Waals surface area contributed by atoms with Crippen LogP contribution in [0.25, 0.3) is 0 Å². The smallest absolute Gasteiger partial charge is 0.319 e. The van der Waals surface area contributed by atoms with Gasteiger partial charge in [-0.3, -0.25) is 14.5 Å². The normalized spacial score (nSPS) is 10.6. The number of aryl methyl sites for hydroxylation is 1. The van der Waals surface area contributed by atoms with Gasteiger partial charge in [0.15, 0.2) is 0 Å². The number of anilines is 1. The monoisotopic (exact) mass is 464 g/mol. The Kier molecular flexibility index (Phi) is 8.48. The zero-order chi connectivity index (χ0) is 21.4. The van der Waals surface area contributed by atoms with Crippen LogP contribution in [0.4, 0.5) is 5.69 Å². The highest BCUT2D eigenvalue weighted by atomic mass is 79.9. The van der Waals surface area contributed by atoms with Gasteiger partial charge < -0.3 is 19.5 Å². The zero-order valence-corrected chi connectivity index (χ0v) is 18.5. The van der Waals surface area contributed by atoms with Crippen LogP contribution in [0.2, 0.25) is 0 Å². The molecular weight excluding hydrogens is 440 g/mol. The van der Waals surface area contributed by atoms with E-state index in [9.17, 15) is 9.59 Å². The van der Waals surface area contributed by atoms with Crippen LogP contribution >= 0.6 is 15.9 Å². The summed E-state index contributed by atoms with van der Waals surface area (Å²) in [5.41, 5.74) is 2.50. The van der Waals surface area contributed by atoms with Crippen molar-refractivity contribution in [3.8, 4) is 11.5 Å². The minimum atomic E-state index is -0.424. The molecule has 2 rings (SSSR count). The molecule has 0 bridgehead atoms. The topological polar surface area (TPSA) is 77.1 Å². The van der Waals surface area contributed by atoms with Gasteiger partial charge in [0.25, 0.3) is 0 Å². The number of hydrogen-bond donors (Lipinski definition) is 1. The van der Waals surface area contributed by atoms with Crippen LogP contribution in [0.1, 0.15) is 11.1 Å². The Bertz CT molecular complexity index is 850. The summed E-state index contributed by atoms with van der Waals surface area (Å²) >= 11 is 3.41. The van der Waals surface area contributed by atoms with Crippen LogP contribution in [0, 0.1) is 6.92 Å². The van der Waals surface area contributed by atoms with Crippen molar-refractivity contribution in [2.45, 2.75) is 13.5 Å². The van der Waals surface area contributed by atoms with Gasteiger partial charge in [-0.15, -0.1) is 0 Å². The van der Waals surface area contributed by atoms with Crippen molar-refractivity contribution >= 4 is 33.5 Å². The van der Waals surface area contributed by atoms with Crippen molar-refractivity contribution in [2.24, 2.45) is 0 Å². The number of esters is 1. The first-order valence-corrected chi connectivity index (χ1v) is 9.71. The molecule has 8 heteroatoms. The first-order chi connectivity index (χ1) is 13.8. The molecule has 0 saturated heterocycles. The number of rotatable bonds is 9. The second kappa shape index (κ2) is 10.8. The van der Waals surface area contributed by atoms with Crippen molar-refractivity contribution in [2.75, 3.05) is 39.7 Å². The molecule has 0 aliphatic heterocycles. The minimum absolute atomic E-state index is 0.0180. The fourth-order valence-corrected chi connectivity index (χ4v) is 3.27. The van der Waals surface area contributed by atoms with E-state index in [1.807, 2.05) is 37.3 Å². The largest absolute Gasteiger partial charge is 0.497 e. The molecule has 2 aromatic carbocycles. The van der Waals surface area contributed by atoms with Crippen LogP contribution in [0.3, 0.4) is 0 Å². The number of carbonyl (C=O) groups is 2. The summed E-state index contributed by atoms with van der Waals surface area (Å²) in [6.07, 6.45) is 0. The Hall–Kier alpha value is -2.58. The maximum Gasteiger partial charge on any atom is 0.319 e. The van der Waals surface area contributed by atoms with Gasteiger partial charge >= 0.3 is 5.97 Å². The van der Waals surface area contributed by atoms with Gasteiger partial charge in [-0.25, -0.2) is 0 Å². The number of hydrogen-bond acceptors (Lipinski definition) is 6. The average molecular weight is 465 g/mol. The van der Waals surface area contributed by atoms with Gasteiger partial charge in [0, 0.05) is 22.8 Å². The second-order valence-corrected chi connectivity index (χ2v) is 7.37. The van der Waals surface area contributed by atoms with E-state index in [1.54, 1.807) is 25.2 Å². The molecule has 0 spiro atoms. The number of ether oxygens (including phenoxy) is 3. The van der Waals surface area contributed by atoms with Crippen molar-refractivity contribution in [3.63, 3.8) is 0 Å². The van der Waals surface area contributed by atoms with Gasteiger partial charge in [0.1, 0.15) is 11.5 Å². The van der Waals surface area contributed by atoms with Gasteiger partial charge in [-0.2, -0.15) is 0 Å². The molecule has 0 atom stereocenters. The first kappa shape index (κ1) is 22.7. The molecule has 0 fully saturated rings. The minimum Gasteiger partial charge on any atom is -0.497 e. The number of halogens is 1. The second-order valence-electron chi connectivity index (χ2n) is 6.45. The van der Waals surface area contributed by atoms with E-state index in [2.05, 4.69) is 21.2 Å². The Morgan fingerprint density at radius 3 is 2.21 bits per heavy atom. The molecular formula is C21H25BrN2O5. The summed E-state index contributed by atoms with van der Waals surface area (Å²) in [5.74, 6) is 0.612. The van der Waals surface area contributed by atoms with Crippen LogP contribution in [0.15, 0.2) is 40.9 Å². The Labute approximate surface area is 179 Å². The molecule has 0 unspecified atom stereocenters. The summed E-state index contributed by atoms with van der Waals surface area (Å²) in [6, 6.07) is 11.0. The highest BCUT2D eigenvalue weighted by molar-refractivity contribution is 9.10. The van der Waals surface area contributed by atoms with Crippen LogP contribution in [0.5, 0.6) is 11.5 Å². The van der Waals surface area contributed by atoms with E-state index in [0.29, 0.717) is 18.0 Å². The third-order valence-corrected chi connectivity index (χ3v) is 4.72. The lowest BCUT2D eigenvalue weighted by atomic mass is 10.1. The quantitative estimate of drug-likeness (QED) is 0.573. The maximum atomic E-state index is 12.6. The summed E-state index contributed by atoms with van der Waals surface area (Å²) in [6.45, 7) is 2.25. The third-order valence-electron chi connectivity index (χ3n) is 4.23. The predicted octanol–water partition coefficient (Wildman–Crippen LogP) is 3.39. The number of nitrogens with one attached hydrogen (secondary N) is 1. The van der Waals surface area contributed by atoms with Crippen molar-refractivity contribution in [3.05, 3.63) is 52.0 Å². The van der Waals surface area contributed by atoms with Crippen LogP contribution in [-0.4, -0.2) is 51.2 Å². The molecule has 0 aliphatic carbocycles. The number of amides is 1. The van der Waals surface area contributed by atoms with Gasteiger partial charge in [-0.05, 0) is 48.4 Å². The number of benzene rings is 2. The molecule has 1 amide bonds. The lowest BCUT2D eigenvalue weighted by Crippen LogP contribution is -2.37. The number of methoxy groups -OCH3 is 3. The van der Waals surface area contributed by atoms with Crippen molar-refractivity contribution in [1.29, 1.82) is 0 Å². The van der Waals surface area contributed by atoms with E-state index >= 15 is 0 Å². The molecule has 0 aliphatic rings. The van der Waals surface area contributed by atoms with Crippen LogP contribution < -0.4 is 14.8 Å². The van der Waals surface area contributed by atoms with Crippen LogP contribution in [-0.2, 0) is 20.9 Å². The molecule has 0 saturated carbocycles. The summed E-state index contributed by atoms with van der Waals surface area (Å²) in [5, 5.41) is 2.89. The SMILES string of the molecule is COC(=O)CN(CC(=O)Nc1ccc(Br)cc1C)Cc1cc(OC)cc(OC)c1. The molecule has 156 valence electrons. The van der Waals surface area contributed by atoms with E-state index in [1.165, 1.54) is 7.11 Å². The van der Waals surface area contributed by atoms with E-state index in [-0.39, 0.29) is 19.0 Å².